The maximum absolute atomic E-state index is 5.22. The normalized spacial score (nSPS) is 10.3. The van der Waals surface area contributed by atoms with Crippen LogP contribution in [0.1, 0.15) is 25.2 Å². The van der Waals surface area contributed by atoms with Crippen LogP contribution in [0.2, 0.25) is 0 Å². The van der Waals surface area contributed by atoms with Crippen LogP contribution in [-0.4, -0.2) is 23.6 Å². The number of hydrogen-bond donors (Lipinski definition) is 2. The van der Waals surface area contributed by atoms with Gasteiger partial charge in [-0.25, -0.2) is 9.97 Å². The van der Waals surface area contributed by atoms with Gasteiger partial charge in [0.25, 0.3) is 0 Å². The summed E-state index contributed by atoms with van der Waals surface area (Å²) in [5.74, 6) is 3.31. The van der Waals surface area contributed by atoms with Crippen LogP contribution in [0.15, 0.2) is 24.3 Å². The molecule has 2 aromatic rings. The average Bonchev–Trinajstić information content (AvgIpc) is 2.49. The van der Waals surface area contributed by atoms with E-state index in [0.29, 0.717) is 0 Å². The molecule has 0 amide bonds. The van der Waals surface area contributed by atoms with Gasteiger partial charge >= 0.3 is 0 Å². The molecule has 21 heavy (non-hydrogen) atoms. The second-order valence-electron chi connectivity index (χ2n) is 4.74. The van der Waals surface area contributed by atoms with Gasteiger partial charge in [-0.3, -0.25) is 0 Å². The number of anilines is 3. The van der Waals surface area contributed by atoms with E-state index < -0.39 is 0 Å². The topological polar surface area (TPSA) is 59.1 Å². The highest BCUT2D eigenvalue weighted by molar-refractivity contribution is 5.63. The van der Waals surface area contributed by atoms with Crippen molar-refractivity contribution in [3.63, 3.8) is 0 Å². The lowest BCUT2D eigenvalue weighted by molar-refractivity contribution is 0.414. The summed E-state index contributed by atoms with van der Waals surface area (Å²) in [4.78, 5) is 8.97. The van der Waals surface area contributed by atoms with E-state index in [1.165, 1.54) is 0 Å². The molecule has 0 aliphatic carbocycles. The third-order valence-corrected chi connectivity index (χ3v) is 3.14. The summed E-state index contributed by atoms with van der Waals surface area (Å²) in [5.41, 5.74) is 2.12. The molecule has 0 atom stereocenters. The second-order valence-corrected chi connectivity index (χ2v) is 4.74. The zero-order valence-electron chi connectivity index (χ0n) is 13.0. The molecule has 0 fully saturated rings. The van der Waals surface area contributed by atoms with Crippen LogP contribution >= 0.6 is 0 Å². The van der Waals surface area contributed by atoms with Crippen molar-refractivity contribution >= 4 is 17.3 Å². The third-order valence-electron chi connectivity index (χ3n) is 3.14. The number of nitrogens with zero attached hydrogens (tertiary/aromatic N) is 2. The van der Waals surface area contributed by atoms with Crippen molar-refractivity contribution in [1.82, 2.24) is 9.97 Å². The lowest BCUT2D eigenvalue weighted by atomic mass is 10.2. The Kier molecular flexibility index (Phi) is 4.98. The molecule has 1 aromatic carbocycles. The van der Waals surface area contributed by atoms with Crippen molar-refractivity contribution in [1.29, 1.82) is 0 Å². The number of rotatable bonds is 6. The van der Waals surface area contributed by atoms with E-state index in [4.69, 9.17) is 4.74 Å². The Morgan fingerprint density at radius 3 is 2.48 bits per heavy atom. The predicted octanol–water partition coefficient (Wildman–Crippen LogP) is 3.53. The molecule has 112 valence electrons. The van der Waals surface area contributed by atoms with Crippen molar-refractivity contribution in [3.05, 3.63) is 35.7 Å². The highest BCUT2D eigenvalue weighted by Crippen LogP contribution is 2.24. The first-order valence-electron chi connectivity index (χ1n) is 7.19. The van der Waals surface area contributed by atoms with E-state index in [2.05, 4.69) is 27.5 Å². The summed E-state index contributed by atoms with van der Waals surface area (Å²) < 4.78 is 5.22. The Balaban J connectivity index is 2.27. The van der Waals surface area contributed by atoms with Crippen molar-refractivity contribution in [3.8, 4) is 5.75 Å². The first-order valence-corrected chi connectivity index (χ1v) is 7.19. The van der Waals surface area contributed by atoms with Crippen LogP contribution in [-0.2, 0) is 6.42 Å². The highest BCUT2D eigenvalue weighted by atomic mass is 16.5. The number of benzene rings is 1. The molecular weight excluding hydrogens is 264 g/mol. The van der Waals surface area contributed by atoms with Crippen LogP contribution in [0.4, 0.5) is 17.3 Å². The fraction of sp³-hybridized carbons (Fsp3) is 0.375. The summed E-state index contributed by atoms with van der Waals surface area (Å²) in [5, 5.41) is 6.58. The Labute approximate surface area is 125 Å². The molecule has 0 bridgehead atoms. The number of ether oxygens (including phenoxy) is 1. The van der Waals surface area contributed by atoms with Gasteiger partial charge in [-0.1, -0.05) is 6.92 Å². The number of aryl methyl sites for hydroxylation is 2. The SMILES string of the molecule is CCNc1cc(Nc2ccc(OC)cc2C)nc(CC)n1. The van der Waals surface area contributed by atoms with E-state index in [-0.39, 0.29) is 0 Å². The quantitative estimate of drug-likeness (QED) is 0.850. The van der Waals surface area contributed by atoms with Gasteiger partial charge in [0.2, 0.25) is 0 Å². The molecule has 0 saturated carbocycles. The number of aromatic nitrogens is 2. The molecule has 5 nitrogen and oxygen atoms in total. The van der Waals surface area contributed by atoms with Crippen LogP contribution in [0, 0.1) is 6.92 Å². The zero-order chi connectivity index (χ0) is 15.2. The van der Waals surface area contributed by atoms with Crippen molar-refractivity contribution < 1.29 is 4.74 Å². The summed E-state index contributed by atoms with van der Waals surface area (Å²) >= 11 is 0. The minimum Gasteiger partial charge on any atom is -0.497 e. The molecule has 0 aliphatic heterocycles. The average molecular weight is 286 g/mol. The fourth-order valence-electron chi connectivity index (χ4n) is 2.03. The molecule has 0 saturated heterocycles. The summed E-state index contributed by atoms with van der Waals surface area (Å²) in [6, 6.07) is 7.85. The lowest BCUT2D eigenvalue weighted by Crippen LogP contribution is -2.06. The van der Waals surface area contributed by atoms with E-state index in [1.54, 1.807) is 7.11 Å². The van der Waals surface area contributed by atoms with Crippen LogP contribution in [0.25, 0.3) is 0 Å². The fourth-order valence-corrected chi connectivity index (χ4v) is 2.03. The smallest absolute Gasteiger partial charge is 0.136 e. The highest BCUT2D eigenvalue weighted by Gasteiger charge is 2.06. The monoisotopic (exact) mass is 286 g/mol. The second kappa shape index (κ2) is 6.92. The van der Waals surface area contributed by atoms with Gasteiger partial charge in [0.05, 0.1) is 7.11 Å². The Morgan fingerprint density at radius 1 is 1.10 bits per heavy atom. The summed E-state index contributed by atoms with van der Waals surface area (Å²) in [7, 11) is 1.67. The molecule has 2 N–H and O–H groups in total. The first kappa shape index (κ1) is 15.1. The lowest BCUT2D eigenvalue weighted by Gasteiger charge is -2.12. The van der Waals surface area contributed by atoms with Crippen LogP contribution in [0.3, 0.4) is 0 Å². The largest absolute Gasteiger partial charge is 0.497 e. The molecule has 0 unspecified atom stereocenters. The summed E-state index contributed by atoms with van der Waals surface area (Å²) in [6.45, 7) is 6.97. The molecular formula is C16H22N4O. The van der Waals surface area contributed by atoms with Crippen LogP contribution in [0.5, 0.6) is 5.75 Å². The molecule has 0 spiro atoms. The number of hydrogen-bond acceptors (Lipinski definition) is 5. The van der Waals surface area contributed by atoms with E-state index in [9.17, 15) is 0 Å². The van der Waals surface area contributed by atoms with Gasteiger partial charge < -0.3 is 15.4 Å². The Bertz CT molecular complexity index is 613. The minimum absolute atomic E-state index is 0.797. The molecule has 2 rings (SSSR count). The van der Waals surface area contributed by atoms with Gasteiger partial charge in [-0.2, -0.15) is 0 Å². The maximum Gasteiger partial charge on any atom is 0.136 e. The molecule has 1 aromatic heterocycles. The molecule has 1 heterocycles. The molecule has 0 aliphatic rings. The zero-order valence-corrected chi connectivity index (χ0v) is 13.0. The summed E-state index contributed by atoms with van der Waals surface area (Å²) in [6.07, 6.45) is 0.801. The van der Waals surface area contributed by atoms with Crippen LogP contribution < -0.4 is 15.4 Å². The van der Waals surface area contributed by atoms with Gasteiger partial charge in [0, 0.05) is 24.7 Å². The molecule has 0 radical (unpaired) electrons. The van der Waals surface area contributed by atoms with E-state index in [0.717, 1.165) is 47.4 Å². The van der Waals surface area contributed by atoms with Gasteiger partial charge in [-0.05, 0) is 37.6 Å². The van der Waals surface area contributed by atoms with Gasteiger partial charge in [0.15, 0.2) is 0 Å². The standard InChI is InChI=1S/C16H22N4O/c1-5-14-19-15(17-6-2)10-16(20-14)18-13-8-7-12(21-4)9-11(13)3/h7-10H,5-6H2,1-4H3,(H2,17,18,19,20). The van der Waals surface area contributed by atoms with Crippen molar-refractivity contribution in [2.24, 2.45) is 0 Å². The third kappa shape index (κ3) is 3.84. The van der Waals surface area contributed by atoms with Gasteiger partial charge in [0.1, 0.15) is 23.2 Å². The Morgan fingerprint density at radius 2 is 1.86 bits per heavy atom. The minimum atomic E-state index is 0.797. The molecule has 5 heteroatoms. The maximum atomic E-state index is 5.22. The number of methoxy groups -OCH3 is 1. The predicted molar refractivity (Wildman–Crippen MR) is 86.6 cm³/mol. The van der Waals surface area contributed by atoms with E-state index >= 15 is 0 Å². The van der Waals surface area contributed by atoms with Gasteiger partial charge in [-0.15, -0.1) is 0 Å². The van der Waals surface area contributed by atoms with Crippen molar-refractivity contribution in [2.45, 2.75) is 27.2 Å². The number of nitrogens with one attached hydrogen (secondary N) is 2. The van der Waals surface area contributed by atoms with Crippen molar-refractivity contribution in [2.75, 3.05) is 24.3 Å². The Hall–Kier alpha value is -2.30. The van der Waals surface area contributed by atoms with E-state index in [1.807, 2.05) is 38.1 Å². The first-order chi connectivity index (χ1) is 10.2.